The second-order valence-corrected chi connectivity index (χ2v) is 4.34. The van der Waals surface area contributed by atoms with Crippen LogP contribution in [0.25, 0.3) is 0 Å². The lowest BCUT2D eigenvalue weighted by atomic mass is 10.2. The van der Waals surface area contributed by atoms with Crippen LogP contribution in [0.5, 0.6) is 0 Å². The Kier molecular flexibility index (Phi) is 3.78. The van der Waals surface area contributed by atoms with Gasteiger partial charge in [-0.25, -0.2) is 4.79 Å². The van der Waals surface area contributed by atoms with Gasteiger partial charge in [-0.05, 0) is 20.3 Å². The van der Waals surface area contributed by atoms with Crippen molar-refractivity contribution in [1.82, 2.24) is 0 Å². The minimum Gasteiger partial charge on any atom is -0.464 e. The van der Waals surface area contributed by atoms with Crippen molar-refractivity contribution in [2.24, 2.45) is 4.99 Å². The van der Waals surface area contributed by atoms with Gasteiger partial charge in [-0.3, -0.25) is 4.99 Å². The van der Waals surface area contributed by atoms with Crippen LogP contribution in [0.2, 0.25) is 0 Å². The maximum atomic E-state index is 11.4. The highest BCUT2D eigenvalue weighted by Gasteiger charge is 2.33. The van der Waals surface area contributed by atoms with Crippen LogP contribution in [-0.4, -0.2) is 28.9 Å². The number of carbonyl (C=O) groups excluding carboxylic acids is 1. The van der Waals surface area contributed by atoms with Crippen molar-refractivity contribution < 1.29 is 9.53 Å². The standard InChI is InChI=1S/C9H15NO2S/c1-4-7-8(9(11)12-5-2)10-6(3)13-7/h7-8H,4-5H2,1-3H3. The van der Waals surface area contributed by atoms with Crippen molar-refractivity contribution in [1.29, 1.82) is 0 Å². The van der Waals surface area contributed by atoms with E-state index in [1.54, 1.807) is 11.8 Å². The summed E-state index contributed by atoms with van der Waals surface area (Å²) in [6.45, 7) is 6.26. The molecule has 0 spiro atoms. The Morgan fingerprint density at radius 2 is 2.31 bits per heavy atom. The first kappa shape index (κ1) is 10.6. The fourth-order valence-electron chi connectivity index (χ4n) is 1.33. The summed E-state index contributed by atoms with van der Waals surface area (Å²) in [4.78, 5) is 15.7. The van der Waals surface area contributed by atoms with Crippen LogP contribution in [0, 0.1) is 0 Å². The van der Waals surface area contributed by atoms with E-state index in [2.05, 4.69) is 11.9 Å². The SMILES string of the molecule is CCOC(=O)C1N=C(C)SC1CC. The lowest BCUT2D eigenvalue weighted by Crippen LogP contribution is -2.28. The molecule has 2 atom stereocenters. The van der Waals surface area contributed by atoms with Gasteiger partial charge >= 0.3 is 5.97 Å². The van der Waals surface area contributed by atoms with Gasteiger partial charge in [-0.1, -0.05) is 6.92 Å². The second kappa shape index (κ2) is 4.65. The van der Waals surface area contributed by atoms with Crippen LogP contribution in [-0.2, 0) is 9.53 Å². The normalized spacial score (nSPS) is 27.2. The van der Waals surface area contributed by atoms with Crippen molar-refractivity contribution in [3.8, 4) is 0 Å². The predicted octanol–water partition coefficient (Wildman–Crippen LogP) is 1.86. The van der Waals surface area contributed by atoms with Crippen LogP contribution < -0.4 is 0 Å². The van der Waals surface area contributed by atoms with Crippen molar-refractivity contribution in [3.63, 3.8) is 0 Å². The fourth-order valence-corrected chi connectivity index (χ4v) is 2.41. The molecule has 0 N–H and O–H groups in total. The molecule has 0 aromatic carbocycles. The van der Waals surface area contributed by atoms with Crippen molar-refractivity contribution in [2.75, 3.05) is 6.61 Å². The molecule has 13 heavy (non-hydrogen) atoms. The average molecular weight is 201 g/mol. The van der Waals surface area contributed by atoms with Gasteiger partial charge in [-0.2, -0.15) is 0 Å². The summed E-state index contributed by atoms with van der Waals surface area (Å²) in [5.74, 6) is -0.182. The number of aliphatic imine (C=N–C) groups is 1. The quantitative estimate of drug-likeness (QED) is 0.654. The maximum Gasteiger partial charge on any atom is 0.332 e. The first-order valence-corrected chi connectivity index (χ1v) is 5.44. The van der Waals surface area contributed by atoms with E-state index in [0.717, 1.165) is 11.5 Å². The molecule has 1 heterocycles. The van der Waals surface area contributed by atoms with Gasteiger partial charge in [0.2, 0.25) is 0 Å². The Labute approximate surface area is 82.9 Å². The van der Waals surface area contributed by atoms with Crippen molar-refractivity contribution >= 4 is 22.8 Å². The molecule has 4 heteroatoms. The summed E-state index contributed by atoms with van der Waals surface area (Å²) in [5, 5.41) is 1.27. The average Bonchev–Trinajstić information content (AvgIpc) is 2.47. The Bertz CT molecular complexity index is 228. The third kappa shape index (κ3) is 2.46. The molecule has 74 valence electrons. The third-order valence-electron chi connectivity index (χ3n) is 1.93. The topological polar surface area (TPSA) is 38.7 Å². The number of thioether (sulfide) groups is 1. The highest BCUT2D eigenvalue weighted by atomic mass is 32.2. The summed E-state index contributed by atoms with van der Waals surface area (Å²) in [6.07, 6.45) is 0.953. The van der Waals surface area contributed by atoms with E-state index in [1.165, 1.54) is 0 Å². The molecule has 1 aliphatic rings. The summed E-state index contributed by atoms with van der Waals surface area (Å²) in [7, 11) is 0. The Morgan fingerprint density at radius 1 is 1.62 bits per heavy atom. The van der Waals surface area contributed by atoms with Gasteiger partial charge in [0.1, 0.15) is 0 Å². The molecule has 0 radical (unpaired) electrons. The zero-order valence-electron chi connectivity index (χ0n) is 8.24. The molecule has 0 fully saturated rings. The monoisotopic (exact) mass is 201 g/mol. The molecule has 3 nitrogen and oxygen atoms in total. The lowest BCUT2D eigenvalue weighted by Gasteiger charge is -2.13. The largest absolute Gasteiger partial charge is 0.464 e. The van der Waals surface area contributed by atoms with E-state index < -0.39 is 0 Å². The molecular weight excluding hydrogens is 186 g/mol. The maximum absolute atomic E-state index is 11.4. The summed E-state index contributed by atoms with van der Waals surface area (Å²) in [6, 6.07) is -0.269. The molecule has 0 saturated heterocycles. The van der Waals surface area contributed by atoms with Crippen molar-refractivity contribution in [2.45, 2.75) is 38.5 Å². The number of hydrogen-bond acceptors (Lipinski definition) is 4. The Hall–Kier alpha value is -0.510. The van der Waals surface area contributed by atoms with Gasteiger partial charge in [0.05, 0.1) is 11.7 Å². The molecule has 0 aromatic rings. The van der Waals surface area contributed by atoms with Gasteiger partial charge in [0, 0.05) is 5.25 Å². The number of hydrogen-bond donors (Lipinski definition) is 0. The zero-order chi connectivity index (χ0) is 9.84. The van der Waals surface area contributed by atoms with E-state index in [1.807, 2.05) is 13.8 Å². The van der Waals surface area contributed by atoms with Crippen LogP contribution in [0.3, 0.4) is 0 Å². The number of ether oxygens (including phenoxy) is 1. The minimum absolute atomic E-state index is 0.182. The van der Waals surface area contributed by atoms with Crippen LogP contribution >= 0.6 is 11.8 Å². The first-order valence-electron chi connectivity index (χ1n) is 4.56. The predicted molar refractivity (Wildman–Crippen MR) is 55.2 cm³/mol. The van der Waals surface area contributed by atoms with E-state index in [4.69, 9.17) is 4.74 Å². The second-order valence-electron chi connectivity index (χ2n) is 2.91. The number of esters is 1. The van der Waals surface area contributed by atoms with Gasteiger partial charge in [-0.15, -0.1) is 11.8 Å². The number of rotatable bonds is 3. The van der Waals surface area contributed by atoms with Crippen LogP contribution in [0.4, 0.5) is 0 Å². The van der Waals surface area contributed by atoms with E-state index in [0.29, 0.717) is 6.61 Å². The highest BCUT2D eigenvalue weighted by molar-refractivity contribution is 8.14. The molecule has 0 aliphatic carbocycles. The molecule has 2 unspecified atom stereocenters. The number of carbonyl (C=O) groups is 1. The molecule has 0 saturated carbocycles. The molecular formula is C9H15NO2S. The van der Waals surface area contributed by atoms with Crippen molar-refractivity contribution in [3.05, 3.63) is 0 Å². The molecule has 0 bridgehead atoms. The third-order valence-corrected chi connectivity index (χ3v) is 3.27. The highest BCUT2D eigenvalue weighted by Crippen LogP contribution is 2.29. The Balaban J connectivity index is 2.61. The zero-order valence-corrected chi connectivity index (χ0v) is 9.06. The molecule has 0 amide bonds. The lowest BCUT2D eigenvalue weighted by molar-refractivity contribution is -0.144. The smallest absolute Gasteiger partial charge is 0.332 e. The minimum atomic E-state index is -0.269. The summed E-state index contributed by atoms with van der Waals surface area (Å²) in [5.41, 5.74) is 0. The van der Waals surface area contributed by atoms with E-state index in [9.17, 15) is 4.79 Å². The number of nitrogens with zero attached hydrogens (tertiary/aromatic N) is 1. The molecule has 1 aliphatic heterocycles. The first-order chi connectivity index (χ1) is 6.19. The molecule has 1 rings (SSSR count). The Morgan fingerprint density at radius 3 is 2.85 bits per heavy atom. The summed E-state index contributed by atoms with van der Waals surface area (Å²) < 4.78 is 4.95. The van der Waals surface area contributed by atoms with Gasteiger partial charge < -0.3 is 4.74 Å². The molecule has 0 aromatic heterocycles. The van der Waals surface area contributed by atoms with E-state index >= 15 is 0 Å². The van der Waals surface area contributed by atoms with Gasteiger partial charge in [0.15, 0.2) is 6.04 Å². The summed E-state index contributed by atoms with van der Waals surface area (Å²) >= 11 is 1.68. The van der Waals surface area contributed by atoms with E-state index in [-0.39, 0.29) is 17.3 Å². The van der Waals surface area contributed by atoms with Crippen LogP contribution in [0.15, 0.2) is 4.99 Å². The van der Waals surface area contributed by atoms with Gasteiger partial charge in [0.25, 0.3) is 0 Å². The van der Waals surface area contributed by atoms with Crippen LogP contribution in [0.1, 0.15) is 27.2 Å². The fraction of sp³-hybridized carbons (Fsp3) is 0.778.